The summed E-state index contributed by atoms with van der Waals surface area (Å²) in [6.45, 7) is 14.8. The quantitative estimate of drug-likeness (QED) is 0.335. The van der Waals surface area contributed by atoms with Crippen LogP contribution in [0.1, 0.15) is 78.4 Å². The largest absolute Gasteiger partial charge is 0.493 e. The third-order valence-corrected chi connectivity index (χ3v) is 5.97. The van der Waals surface area contributed by atoms with Crippen molar-refractivity contribution in [1.82, 2.24) is 5.32 Å². The van der Waals surface area contributed by atoms with Crippen molar-refractivity contribution in [2.75, 3.05) is 20.3 Å². The van der Waals surface area contributed by atoms with Gasteiger partial charge < -0.3 is 24.6 Å². The van der Waals surface area contributed by atoms with Gasteiger partial charge in [0.25, 0.3) is 0 Å². The molecule has 0 heterocycles. The number of carbonyl (C=O) groups excluding carboxylic acids is 1. The standard InChI is InChI=1S/C27H39NO5.C2H6/c1-7-26(2,3)22(18-28-25(29)15-16-33-27(4,5)30)21-13-14-23(31-6)24(17-21)32-19-20-11-9-8-10-12-20;1-2/h8-14,17,22,30H,7,15-16,18-19H2,1-6H3,(H,28,29);1-2H3. The predicted octanol–water partition coefficient (Wildman–Crippen LogP) is 6.07. The van der Waals surface area contributed by atoms with E-state index in [1.54, 1.807) is 21.0 Å². The maximum Gasteiger partial charge on any atom is 0.222 e. The fourth-order valence-corrected chi connectivity index (χ4v) is 3.55. The van der Waals surface area contributed by atoms with Crippen LogP contribution in [0.15, 0.2) is 48.5 Å². The van der Waals surface area contributed by atoms with Gasteiger partial charge in [-0.25, -0.2) is 0 Å². The summed E-state index contributed by atoms with van der Waals surface area (Å²) in [6.07, 6.45) is 1.14. The summed E-state index contributed by atoms with van der Waals surface area (Å²) >= 11 is 0. The zero-order chi connectivity index (χ0) is 26.5. The molecule has 1 amide bonds. The van der Waals surface area contributed by atoms with Gasteiger partial charge in [0.15, 0.2) is 17.3 Å². The van der Waals surface area contributed by atoms with Gasteiger partial charge in [0.05, 0.1) is 20.1 Å². The minimum Gasteiger partial charge on any atom is -0.493 e. The van der Waals surface area contributed by atoms with Crippen LogP contribution in [0.5, 0.6) is 11.5 Å². The molecule has 2 N–H and O–H groups in total. The molecule has 0 aromatic heterocycles. The van der Waals surface area contributed by atoms with Crippen molar-refractivity contribution in [2.45, 2.75) is 79.6 Å². The molecule has 1 atom stereocenters. The Morgan fingerprint density at radius 1 is 1.03 bits per heavy atom. The highest BCUT2D eigenvalue weighted by atomic mass is 16.6. The molecule has 0 saturated heterocycles. The SMILES string of the molecule is CC.CCC(C)(C)C(CNC(=O)CCOC(C)(C)O)c1ccc(OC)c(OCc2ccccc2)c1. The predicted molar refractivity (Wildman–Crippen MR) is 142 cm³/mol. The monoisotopic (exact) mass is 487 g/mol. The molecule has 0 saturated carbocycles. The second-order valence-corrected chi connectivity index (χ2v) is 9.43. The van der Waals surface area contributed by atoms with Crippen molar-refractivity contribution in [3.63, 3.8) is 0 Å². The molecular weight excluding hydrogens is 442 g/mol. The topological polar surface area (TPSA) is 77.0 Å². The summed E-state index contributed by atoms with van der Waals surface area (Å²) < 4.78 is 16.9. The number of amides is 1. The van der Waals surface area contributed by atoms with Crippen LogP contribution >= 0.6 is 0 Å². The van der Waals surface area contributed by atoms with E-state index in [2.05, 4.69) is 26.1 Å². The fourth-order valence-electron chi connectivity index (χ4n) is 3.55. The number of hydrogen-bond donors (Lipinski definition) is 2. The van der Waals surface area contributed by atoms with Crippen LogP contribution < -0.4 is 14.8 Å². The number of hydrogen-bond acceptors (Lipinski definition) is 5. The lowest BCUT2D eigenvalue weighted by molar-refractivity contribution is -0.177. The second-order valence-electron chi connectivity index (χ2n) is 9.43. The smallest absolute Gasteiger partial charge is 0.222 e. The van der Waals surface area contributed by atoms with E-state index in [9.17, 15) is 9.90 Å². The van der Waals surface area contributed by atoms with Gasteiger partial charge in [0.2, 0.25) is 5.91 Å². The van der Waals surface area contributed by atoms with Crippen LogP contribution in [0.3, 0.4) is 0 Å². The Kier molecular flexibility index (Phi) is 12.8. The van der Waals surface area contributed by atoms with E-state index >= 15 is 0 Å². The average Bonchev–Trinajstić information content (AvgIpc) is 2.84. The van der Waals surface area contributed by atoms with Gasteiger partial charge in [-0.15, -0.1) is 0 Å². The molecule has 6 nitrogen and oxygen atoms in total. The molecule has 2 aromatic rings. The molecule has 0 aliphatic carbocycles. The normalized spacial score (nSPS) is 12.3. The maximum absolute atomic E-state index is 12.4. The molecule has 0 fully saturated rings. The summed E-state index contributed by atoms with van der Waals surface area (Å²) in [4.78, 5) is 12.4. The maximum atomic E-state index is 12.4. The first-order valence-corrected chi connectivity index (χ1v) is 12.5. The first kappa shape index (κ1) is 30.5. The summed E-state index contributed by atoms with van der Waals surface area (Å²) in [5, 5.41) is 12.7. The Bertz CT molecular complexity index is 874. The van der Waals surface area contributed by atoms with Crippen molar-refractivity contribution in [3.8, 4) is 11.5 Å². The lowest BCUT2D eigenvalue weighted by Gasteiger charge is -2.34. The highest BCUT2D eigenvalue weighted by molar-refractivity contribution is 5.76. The first-order valence-electron chi connectivity index (χ1n) is 12.5. The molecule has 196 valence electrons. The Balaban J connectivity index is 0.00000298. The van der Waals surface area contributed by atoms with Gasteiger partial charge in [-0.05, 0) is 42.5 Å². The van der Waals surface area contributed by atoms with E-state index in [-0.39, 0.29) is 30.3 Å². The van der Waals surface area contributed by atoms with Crippen molar-refractivity contribution >= 4 is 5.91 Å². The molecule has 2 rings (SSSR count). The molecule has 0 spiro atoms. The second kappa shape index (κ2) is 14.7. The fraction of sp³-hybridized carbons (Fsp3) is 0.552. The van der Waals surface area contributed by atoms with E-state index in [0.717, 1.165) is 17.5 Å². The van der Waals surface area contributed by atoms with Crippen LogP contribution in [-0.4, -0.2) is 37.1 Å². The molecule has 0 aliphatic rings. The van der Waals surface area contributed by atoms with E-state index in [4.69, 9.17) is 14.2 Å². The van der Waals surface area contributed by atoms with E-state index < -0.39 is 5.79 Å². The van der Waals surface area contributed by atoms with E-state index in [1.165, 1.54) is 0 Å². The molecule has 1 unspecified atom stereocenters. The molecule has 0 radical (unpaired) electrons. The summed E-state index contributed by atoms with van der Waals surface area (Å²) in [7, 11) is 1.63. The zero-order valence-corrected chi connectivity index (χ0v) is 22.8. The van der Waals surface area contributed by atoms with Crippen molar-refractivity contribution in [1.29, 1.82) is 0 Å². The van der Waals surface area contributed by atoms with Crippen LogP contribution in [0.2, 0.25) is 0 Å². The van der Waals surface area contributed by atoms with Crippen molar-refractivity contribution in [3.05, 3.63) is 59.7 Å². The number of aliphatic hydroxyl groups is 1. The average molecular weight is 488 g/mol. The van der Waals surface area contributed by atoms with Crippen LogP contribution in [0, 0.1) is 5.41 Å². The van der Waals surface area contributed by atoms with Crippen LogP contribution in [0.25, 0.3) is 0 Å². The van der Waals surface area contributed by atoms with E-state index in [1.807, 2.05) is 62.4 Å². The molecule has 0 bridgehead atoms. The van der Waals surface area contributed by atoms with Gasteiger partial charge in [0.1, 0.15) is 6.61 Å². The number of carbonyl (C=O) groups is 1. The Morgan fingerprint density at radius 2 is 1.69 bits per heavy atom. The van der Waals surface area contributed by atoms with Gasteiger partial charge in [-0.1, -0.05) is 77.4 Å². The molecule has 6 heteroatoms. The lowest BCUT2D eigenvalue weighted by Crippen LogP contribution is -2.35. The first-order chi connectivity index (χ1) is 16.6. The van der Waals surface area contributed by atoms with Crippen LogP contribution in [0.4, 0.5) is 0 Å². The minimum absolute atomic E-state index is 0.0534. The van der Waals surface area contributed by atoms with Gasteiger partial charge in [0, 0.05) is 12.5 Å². The number of methoxy groups -OCH3 is 1. The highest BCUT2D eigenvalue weighted by Gasteiger charge is 2.30. The third kappa shape index (κ3) is 10.7. The lowest BCUT2D eigenvalue weighted by atomic mass is 9.73. The summed E-state index contributed by atoms with van der Waals surface area (Å²) in [5.41, 5.74) is 2.11. The van der Waals surface area contributed by atoms with Crippen LogP contribution in [-0.2, 0) is 16.1 Å². The van der Waals surface area contributed by atoms with E-state index in [0.29, 0.717) is 24.7 Å². The summed E-state index contributed by atoms with van der Waals surface area (Å²) in [5.74, 6) is 0.0831. The number of ether oxygens (including phenoxy) is 3. The van der Waals surface area contributed by atoms with Crippen molar-refractivity contribution in [2.24, 2.45) is 5.41 Å². The van der Waals surface area contributed by atoms with Gasteiger partial charge in [-0.3, -0.25) is 4.79 Å². The van der Waals surface area contributed by atoms with Gasteiger partial charge >= 0.3 is 0 Å². The Labute approximate surface area is 212 Å². The Hall–Kier alpha value is -2.57. The molecule has 35 heavy (non-hydrogen) atoms. The number of benzene rings is 2. The van der Waals surface area contributed by atoms with Crippen molar-refractivity contribution < 1.29 is 24.1 Å². The zero-order valence-electron chi connectivity index (χ0n) is 22.8. The molecule has 2 aromatic carbocycles. The Morgan fingerprint density at radius 3 is 2.26 bits per heavy atom. The third-order valence-electron chi connectivity index (χ3n) is 5.97. The number of rotatable bonds is 13. The molecular formula is C29H45NO5. The minimum atomic E-state index is -1.24. The highest BCUT2D eigenvalue weighted by Crippen LogP contribution is 2.41. The summed E-state index contributed by atoms with van der Waals surface area (Å²) in [6, 6.07) is 16.0. The molecule has 0 aliphatic heterocycles. The number of nitrogens with one attached hydrogen (secondary N) is 1. The van der Waals surface area contributed by atoms with Gasteiger partial charge in [-0.2, -0.15) is 0 Å².